The number of quaternary nitrogens is 1. The Morgan fingerprint density at radius 2 is 1.94 bits per heavy atom. The molecule has 1 aromatic carbocycles. The fourth-order valence-electron chi connectivity index (χ4n) is 5.18. The number of carbonyl (C=O) groups is 1. The first-order chi connectivity index (χ1) is 17.2. The van der Waals surface area contributed by atoms with E-state index < -0.39 is 11.6 Å². The quantitative estimate of drug-likeness (QED) is 0.487. The number of nitrogens with zero attached hydrogens (tertiary/aromatic N) is 4. The summed E-state index contributed by atoms with van der Waals surface area (Å²) < 4.78 is 6.56. The monoisotopic (exact) mass is 510 g/mol. The van der Waals surface area contributed by atoms with Crippen molar-refractivity contribution < 1.29 is 19.1 Å². The molecule has 2 atom stereocenters. The zero-order valence-corrected chi connectivity index (χ0v) is 21.9. The molecule has 2 aliphatic heterocycles. The van der Waals surface area contributed by atoms with Gasteiger partial charge in [-0.1, -0.05) is 23.5 Å². The number of hydrogen-bond donors (Lipinski definition) is 2. The van der Waals surface area contributed by atoms with Crippen molar-refractivity contribution in [2.24, 2.45) is 0 Å². The molecule has 9 nitrogen and oxygen atoms in total. The van der Waals surface area contributed by atoms with Gasteiger partial charge >= 0.3 is 0 Å². The molecule has 2 N–H and O–H groups in total. The van der Waals surface area contributed by atoms with E-state index in [4.69, 9.17) is 14.7 Å². The Kier molecular flexibility index (Phi) is 6.86. The maximum Gasteiger partial charge on any atom is 0.257 e. The SMILES string of the molecule is CC(C)(C)[N+]1(C(=O)[O-])CC[C@H](Nc2cc(CN3CCOCC3)cc(Nc3nc4ccccc4s3)n2)C1. The van der Waals surface area contributed by atoms with Crippen molar-refractivity contribution >= 4 is 44.4 Å². The number of benzene rings is 1. The number of anilines is 3. The predicted molar refractivity (Wildman–Crippen MR) is 140 cm³/mol. The molecule has 36 heavy (non-hydrogen) atoms. The van der Waals surface area contributed by atoms with E-state index in [-0.39, 0.29) is 10.5 Å². The molecule has 2 aromatic heterocycles. The third-order valence-electron chi connectivity index (χ3n) is 7.30. The summed E-state index contributed by atoms with van der Waals surface area (Å²) in [5, 5.41) is 19.9. The molecule has 1 amide bonds. The molecule has 1 unspecified atom stereocenters. The number of rotatable bonds is 6. The Labute approximate surface area is 215 Å². The van der Waals surface area contributed by atoms with Crippen molar-refractivity contribution in [3.63, 3.8) is 0 Å². The van der Waals surface area contributed by atoms with Crippen molar-refractivity contribution in [2.75, 3.05) is 50.0 Å². The van der Waals surface area contributed by atoms with Gasteiger partial charge in [-0.15, -0.1) is 0 Å². The lowest BCUT2D eigenvalue weighted by Crippen LogP contribution is -2.66. The van der Waals surface area contributed by atoms with Crippen molar-refractivity contribution in [3.8, 4) is 0 Å². The molecular weight excluding hydrogens is 476 g/mol. The molecule has 0 spiro atoms. The third-order valence-corrected chi connectivity index (χ3v) is 8.25. The highest BCUT2D eigenvalue weighted by molar-refractivity contribution is 7.22. The maximum absolute atomic E-state index is 12.2. The van der Waals surface area contributed by atoms with Gasteiger partial charge in [-0.25, -0.2) is 9.97 Å². The summed E-state index contributed by atoms with van der Waals surface area (Å²) in [6.07, 6.45) is -0.277. The molecule has 2 aliphatic rings. The molecule has 2 fully saturated rings. The minimum absolute atomic E-state index is 0.0106. The Bertz CT molecular complexity index is 1200. The van der Waals surface area contributed by atoms with Gasteiger partial charge in [0.25, 0.3) is 6.09 Å². The summed E-state index contributed by atoms with van der Waals surface area (Å²) in [7, 11) is 0. The van der Waals surface area contributed by atoms with Crippen molar-refractivity contribution in [2.45, 2.75) is 45.3 Å². The average molecular weight is 511 g/mol. The van der Waals surface area contributed by atoms with E-state index in [1.54, 1.807) is 11.3 Å². The lowest BCUT2D eigenvalue weighted by Gasteiger charge is -2.45. The maximum atomic E-state index is 12.2. The Morgan fingerprint density at radius 1 is 1.19 bits per heavy atom. The lowest BCUT2D eigenvalue weighted by molar-refractivity contribution is -0.908. The lowest BCUT2D eigenvalue weighted by atomic mass is 10.0. The number of hydrogen-bond acceptors (Lipinski definition) is 9. The van der Waals surface area contributed by atoms with Gasteiger partial charge in [-0.3, -0.25) is 9.38 Å². The highest BCUT2D eigenvalue weighted by Gasteiger charge is 2.48. The standard InChI is InChI=1S/C26H34N6O3S/c1-26(2,3)32(25(33)34)11-8-19(17-32)27-22-14-18(16-31-9-12-35-13-10-31)15-23(29-22)30-24-28-20-6-4-5-7-21(20)36-24/h4-7,14-15,19H,8-13,16-17H2,1-3H3,(H2-,27,28,29,30,33,34)/t19-,32?/m0/s1. The van der Waals surface area contributed by atoms with Gasteiger partial charge in [-0.2, -0.15) is 0 Å². The molecule has 4 heterocycles. The number of morpholine rings is 1. The van der Waals surface area contributed by atoms with Crippen LogP contribution in [-0.2, 0) is 11.3 Å². The predicted octanol–water partition coefficient (Wildman–Crippen LogP) is 3.41. The smallest absolute Gasteiger partial charge is 0.257 e. The number of likely N-dealkylation sites (tertiary alicyclic amines) is 1. The second-order valence-corrected chi connectivity index (χ2v) is 11.7. The molecule has 0 saturated carbocycles. The summed E-state index contributed by atoms with van der Waals surface area (Å²) in [5.74, 6) is 1.46. The van der Waals surface area contributed by atoms with E-state index in [2.05, 4.69) is 33.7 Å². The fraction of sp³-hybridized carbons (Fsp3) is 0.500. The van der Waals surface area contributed by atoms with Crippen LogP contribution in [0.1, 0.15) is 32.8 Å². The number of carboxylic acid groups (broad SMARTS) is 1. The fourth-order valence-corrected chi connectivity index (χ4v) is 6.05. The molecular formula is C26H34N6O3S. The van der Waals surface area contributed by atoms with Crippen LogP contribution in [0.5, 0.6) is 0 Å². The zero-order valence-electron chi connectivity index (χ0n) is 21.1. The molecule has 3 aromatic rings. The molecule has 2 saturated heterocycles. The van der Waals surface area contributed by atoms with Crippen LogP contribution in [0.3, 0.4) is 0 Å². The Morgan fingerprint density at radius 3 is 2.64 bits per heavy atom. The van der Waals surface area contributed by atoms with Crippen LogP contribution in [-0.4, -0.2) is 76.4 Å². The number of nitrogens with one attached hydrogen (secondary N) is 2. The number of ether oxygens (including phenoxy) is 1. The summed E-state index contributed by atoms with van der Waals surface area (Å²) in [6, 6.07) is 12.2. The van der Waals surface area contributed by atoms with E-state index in [0.717, 1.165) is 71.8 Å². The largest absolute Gasteiger partial charge is 0.498 e. The zero-order chi connectivity index (χ0) is 25.3. The number of fused-ring (bicyclic) bond motifs is 1. The number of amides is 1. The van der Waals surface area contributed by atoms with Gasteiger partial charge < -0.3 is 25.3 Å². The molecule has 10 heteroatoms. The van der Waals surface area contributed by atoms with Crippen LogP contribution < -0.4 is 15.7 Å². The van der Waals surface area contributed by atoms with Gasteiger partial charge in [0.05, 0.1) is 41.6 Å². The second-order valence-electron chi connectivity index (χ2n) is 10.7. The van der Waals surface area contributed by atoms with Crippen LogP contribution in [0.15, 0.2) is 36.4 Å². The normalized spacial score (nSPS) is 23.1. The third kappa shape index (κ3) is 5.17. The summed E-state index contributed by atoms with van der Waals surface area (Å²) in [6.45, 7) is 11.0. The van der Waals surface area contributed by atoms with Crippen molar-refractivity contribution in [1.82, 2.24) is 14.9 Å². The number of thiazole rings is 1. The van der Waals surface area contributed by atoms with Gasteiger partial charge in [0, 0.05) is 26.1 Å². The number of carbonyl (C=O) groups excluding carboxylic acids is 1. The van der Waals surface area contributed by atoms with Crippen molar-refractivity contribution in [1.29, 1.82) is 0 Å². The van der Waals surface area contributed by atoms with Gasteiger partial charge in [-0.05, 0) is 50.6 Å². The summed E-state index contributed by atoms with van der Waals surface area (Å²) in [5.41, 5.74) is 1.64. The Balaban J connectivity index is 1.39. The highest BCUT2D eigenvalue weighted by Crippen LogP contribution is 2.33. The van der Waals surface area contributed by atoms with Gasteiger partial charge in [0.1, 0.15) is 18.2 Å². The van der Waals surface area contributed by atoms with Crippen molar-refractivity contribution in [3.05, 3.63) is 42.0 Å². The topological polar surface area (TPSA) is 102 Å². The van der Waals surface area contributed by atoms with E-state index in [0.29, 0.717) is 13.1 Å². The first kappa shape index (κ1) is 24.9. The van der Waals surface area contributed by atoms with E-state index in [9.17, 15) is 9.90 Å². The van der Waals surface area contributed by atoms with Crippen LogP contribution in [0.4, 0.5) is 21.6 Å². The van der Waals surface area contributed by atoms with Gasteiger partial charge in [0.2, 0.25) is 0 Å². The van der Waals surface area contributed by atoms with Crippen LogP contribution in [0, 0.1) is 0 Å². The van der Waals surface area contributed by atoms with Crippen LogP contribution >= 0.6 is 11.3 Å². The minimum atomic E-state index is -1.01. The van der Waals surface area contributed by atoms with E-state index in [1.165, 1.54) is 0 Å². The Hall–Kier alpha value is -2.79. The van der Waals surface area contributed by atoms with Gasteiger partial charge in [0.15, 0.2) is 5.13 Å². The molecule has 0 radical (unpaired) electrons. The van der Waals surface area contributed by atoms with E-state index >= 15 is 0 Å². The molecule has 5 rings (SSSR count). The second kappa shape index (κ2) is 9.93. The number of pyridine rings is 1. The first-order valence-electron chi connectivity index (χ1n) is 12.5. The van der Waals surface area contributed by atoms with Crippen LogP contribution in [0.2, 0.25) is 0 Å². The number of aromatic nitrogens is 2. The average Bonchev–Trinajstić information content (AvgIpc) is 3.44. The number of para-hydroxylation sites is 1. The highest BCUT2D eigenvalue weighted by atomic mass is 32.1. The molecule has 0 bridgehead atoms. The van der Waals surface area contributed by atoms with E-state index in [1.807, 2.05) is 39.0 Å². The van der Waals surface area contributed by atoms with Crippen LogP contribution in [0.25, 0.3) is 10.2 Å². The summed E-state index contributed by atoms with van der Waals surface area (Å²) >= 11 is 1.59. The molecule has 192 valence electrons. The summed E-state index contributed by atoms with van der Waals surface area (Å²) in [4.78, 5) is 24.1. The first-order valence-corrected chi connectivity index (χ1v) is 13.3. The minimum Gasteiger partial charge on any atom is -0.498 e. The molecule has 0 aliphatic carbocycles.